The number of rotatable bonds is 5. The smallest absolute Gasteiger partial charge is 0.0518 e. The fourth-order valence-corrected chi connectivity index (χ4v) is 1.34. The molecule has 72 valence electrons. The minimum absolute atomic E-state index is 0.317. The number of aromatic nitrogens is 2. The SMILES string of the molecule is C=CCC(C)NC(C)c1ccn[nH]1. The van der Waals surface area contributed by atoms with E-state index in [2.05, 4.69) is 35.9 Å². The summed E-state index contributed by atoms with van der Waals surface area (Å²) >= 11 is 0. The quantitative estimate of drug-likeness (QED) is 0.679. The van der Waals surface area contributed by atoms with Crippen molar-refractivity contribution in [1.29, 1.82) is 0 Å². The van der Waals surface area contributed by atoms with Crippen LogP contribution in [0.25, 0.3) is 0 Å². The minimum Gasteiger partial charge on any atom is -0.306 e. The molecule has 2 unspecified atom stereocenters. The minimum atomic E-state index is 0.317. The molecule has 3 heteroatoms. The van der Waals surface area contributed by atoms with Gasteiger partial charge < -0.3 is 5.32 Å². The highest BCUT2D eigenvalue weighted by atomic mass is 15.1. The maximum atomic E-state index is 3.91. The van der Waals surface area contributed by atoms with Gasteiger partial charge in [-0.05, 0) is 26.3 Å². The topological polar surface area (TPSA) is 40.7 Å². The average Bonchev–Trinajstić information content (AvgIpc) is 2.55. The van der Waals surface area contributed by atoms with E-state index >= 15 is 0 Å². The van der Waals surface area contributed by atoms with Crippen LogP contribution in [-0.4, -0.2) is 16.2 Å². The molecule has 0 amide bonds. The largest absolute Gasteiger partial charge is 0.306 e. The molecule has 1 rings (SSSR count). The Kier molecular flexibility index (Phi) is 3.71. The van der Waals surface area contributed by atoms with Crippen LogP contribution >= 0.6 is 0 Å². The van der Waals surface area contributed by atoms with Crippen LogP contribution in [0.5, 0.6) is 0 Å². The van der Waals surface area contributed by atoms with Crippen molar-refractivity contribution in [2.24, 2.45) is 0 Å². The number of H-pyrrole nitrogens is 1. The lowest BCUT2D eigenvalue weighted by Gasteiger charge is -2.17. The number of nitrogens with one attached hydrogen (secondary N) is 2. The predicted octanol–water partition coefficient (Wildman–Crippen LogP) is 2.02. The van der Waals surface area contributed by atoms with Crippen molar-refractivity contribution in [3.8, 4) is 0 Å². The zero-order valence-electron chi connectivity index (χ0n) is 8.25. The van der Waals surface area contributed by atoms with Gasteiger partial charge in [-0.3, -0.25) is 5.10 Å². The Labute approximate surface area is 79.2 Å². The van der Waals surface area contributed by atoms with E-state index in [9.17, 15) is 0 Å². The van der Waals surface area contributed by atoms with E-state index in [-0.39, 0.29) is 0 Å². The van der Waals surface area contributed by atoms with E-state index in [4.69, 9.17) is 0 Å². The maximum Gasteiger partial charge on any atom is 0.0518 e. The molecular formula is C10H17N3. The van der Waals surface area contributed by atoms with Crippen LogP contribution in [0.3, 0.4) is 0 Å². The van der Waals surface area contributed by atoms with Crippen LogP contribution in [0.4, 0.5) is 0 Å². The van der Waals surface area contributed by atoms with Gasteiger partial charge in [-0.1, -0.05) is 6.08 Å². The van der Waals surface area contributed by atoms with Crippen LogP contribution in [0.2, 0.25) is 0 Å². The monoisotopic (exact) mass is 179 g/mol. The first-order chi connectivity index (χ1) is 6.24. The second kappa shape index (κ2) is 4.82. The second-order valence-corrected chi connectivity index (χ2v) is 3.33. The summed E-state index contributed by atoms with van der Waals surface area (Å²) in [5.74, 6) is 0. The third-order valence-electron chi connectivity index (χ3n) is 2.04. The van der Waals surface area contributed by atoms with Crippen molar-refractivity contribution in [2.45, 2.75) is 32.4 Å². The Balaban J connectivity index is 2.41. The molecule has 0 radical (unpaired) electrons. The third-order valence-corrected chi connectivity index (χ3v) is 2.04. The highest BCUT2D eigenvalue weighted by Gasteiger charge is 2.08. The first kappa shape index (κ1) is 9.99. The molecule has 0 saturated heterocycles. The lowest BCUT2D eigenvalue weighted by Crippen LogP contribution is -2.28. The van der Waals surface area contributed by atoms with E-state index in [1.54, 1.807) is 6.20 Å². The molecule has 13 heavy (non-hydrogen) atoms. The van der Waals surface area contributed by atoms with Crippen LogP contribution in [0, 0.1) is 0 Å². The van der Waals surface area contributed by atoms with Gasteiger partial charge in [0.2, 0.25) is 0 Å². The standard InChI is InChI=1S/C10H17N3/c1-4-5-8(2)12-9(3)10-6-7-11-13-10/h4,6-9,12H,1,5H2,2-3H3,(H,11,13). The molecule has 3 nitrogen and oxygen atoms in total. The molecule has 0 aliphatic carbocycles. The van der Waals surface area contributed by atoms with Gasteiger partial charge in [-0.2, -0.15) is 5.10 Å². The summed E-state index contributed by atoms with van der Waals surface area (Å²) in [6, 6.07) is 2.76. The molecule has 0 spiro atoms. The van der Waals surface area contributed by atoms with Gasteiger partial charge in [0.1, 0.15) is 0 Å². The van der Waals surface area contributed by atoms with Crippen LogP contribution in [0.1, 0.15) is 32.0 Å². The molecule has 0 fully saturated rings. The maximum absolute atomic E-state index is 3.91. The molecule has 1 heterocycles. The molecule has 1 aromatic rings. The van der Waals surface area contributed by atoms with Gasteiger partial charge in [-0.15, -0.1) is 6.58 Å². The summed E-state index contributed by atoms with van der Waals surface area (Å²) in [7, 11) is 0. The van der Waals surface area contributed by atoms with E-state index in [1.165, 1.54) is 0 Å². The molecule has 0 aliphatic rings. The van der Waals surface area contributed by atoms with Gasteiger partial charge in [-0.25, -0.2) is 0 Å². The van der Waals surface area contributed by atoms with Gasteiger partial charge in [0.25, 0.3) is 0 Å². The molecular weight excluding hydrogens is 162 g/mol. The third kappa shape index (κ3) is 3.03. The van der Waals surface area contributed by atoms with Crippen molar-refractivity contribution >= 4 is 0 Å². The van der Waals surface area contributed by atoms with Gasteiger partial charge in [0, 0.05) is 18.3 Å². The Morgan fingerprint density at radius 2 is 2.46 bits per heavy atom. The van der Waals surface area contributed by atoms with E-state index < -0.39 is 0 Å². The van der Waals surface area contributed by atoms with Crippen molar-refractivity contribution in [1.82, 2.24) is 15.5 Å². The van der Waals surface area contributed by atoms with Crippen molar-refractivity contribution in [3.63, 3.8) is 0 Å². The highest BCUT2D eigenvalue weighted by molar-refractivity contribution is 5.03. The second-order valence-electron chi connectivity index (χ2n) is 3.33. The van der Waals surface area contributed by atoms with Crippen molar-refractivity contribution < 1.29 is 0 Å². The predicted molar refractivity (Wildman–Crippen MR) is 54.4 cm³/mol. The summed E-state index contributed by atoms with van der Waals surface area (Å²) in [5.41, 5.74) is 1.12. The summed E-state index contributed by atoms with van der Waals surface area (Å²) < 4.78 is 0. The van der Waals surface area contributed by atoms with E-state index in [0.29, 0.717) is 12.1 Å². The highest BCUT2D eigenvalue weighted by Crippen LogP contribution is 2.09. The zero-order chi connectivity index (χ0) is 9.68. The Morgan fingerprint density at radius 3 is 3.00 bits per heavy atom. The Bertz CT molecular complexity index is 241. The van der Waals surface area contributed by atoms with Gasteiger partial charge in [0.15, 0.2) is 0 Å². The van der Waals surface area contributed by atoms with Crippen molar-refractivity contribution in [2.75, 3.05) is 0 Å². The summed E-state index contributed by atoms with van der Waals surface area (Å²) in [6.45, 7) is 7.98. The van der Waals surface area contributed by atoms with Gasteiger partial charge in [0.05, 0.1) is 5.69 Å². The lowest BCUT2D eigenvalue weighted by atomic mass is 10.2. The molecule has 2 N–H and O–H groups in total. The fourth-order valence-electron chi connectivity index (χ4n) is 1.34. The summed E-state index contributed by atoms with van der Waals surface area (Å²) in [5, 5.41) is 10.3. The van der Waals surface area contributed by atoms with Crippen LogP contribution < -0.4 is 5.32 Å². The number of hydrogen-bond donors (Lipinski definition) is 2. The van der Waals surface area contributed by atoms with Crippen molar-refractivity contribution in [3.05, 3.63) is 30.6 Å². The zero-order valence-corrected chi connectivity index (χ0v) is 8.25. The normalized spacial score (nSPS) is 15.2. The molecule has 0 saturated carbocycles. The first-order valence-corrected chi connectivity index (χ1v) is 4.60. The van der Waals surface area contributed by atoms with Crippen LogP contribution in [0.15, 0.2) is 24.9 Å². The molecule has 0 aliphatic heterocycles. The Hall–Kier alpha value is -1.09. The summed E-state index contributed by atoms with van der Waals surface area (Å²) in [6.07, 6.45) is 4.68. The first-order valence-electron chi connectivity index (χ1n) is 4.60. The Morgan fingerprint density at radius 1 is 1.69 bits per heavy atom. The van der Waals surface area contributed by atoms with E-state index in [1.807, 2.05) is 12.1 Å². The summed E-state index contributed by atoms with van der Waals surface area (Å²) in [4.78, 5) is 0. The lowest BCUT2D eigenvalue weighted by molar-refractivity contribution is 0.474. The number of hydrogen-bond acceptors (Lipinski definition) is 2. The van der Waals surface area contributed by atoms with E-state index in [0.717, 1.165) is 12.1 Å². The fraction of sp³-hybridized carbons (Fsp3) is 0.500. The number of nitrogens with zero attached hydrogens (tertiary/aromatic N) is 1. The molecule has 0 aromatic carbocycles. The molecule has 1 aromatic heterocycles. The average molecular weight is 179 g/mol. The van der Waals surface area contributed by atoms with Gasteiger partial charge >= 0.3 is 0 Å². The number of aromatic amines is 1. The molecule has 2 atom stereocenters. The van der Waals surface area contributed by atoms with Crippen LogP contribution in [-0.2, 0) is 0 Å². The molecule has 0 bridgehead atoms.